The standard InChI is InChI=1S/C7H10FNO2/c8-4-1-2-6-5(3-4)7(10)9-11-6/h4-6H,1-3H2,(H,9,10). The van der Waals surface area contributed by atoms with Gasteiger partial charge in [-0.2, -0.15) is 0 Å². The number of hydroxylamine groups is 1. The largest absolute Gasteiger partial charge is 0.272 e. The van der Waals surface area contributed by atoms with Crippen LogP contribution in [0.2, 0.25) is 0 Å². The van der Waals surface area contributed by atoms with Crippen LogP contribution in [0.3, 0.4) is 0 Å². The Morgan fingerprint density at radius 3 is 3.18 bits per heavy atom. The Labute approximate surface area is 63.9 Å². The van der Waals surface area contributed by atoms with Crippen LogP contribution < -0.4 is 5.48 Å². The Morgan fingerprint density at radius 1 is 1.55 bits per heavy atom. The van der Waals surface area contributed by atoms with Crippen LogP contribution in [0.25, 0.3) is 0 Å². The van der Waals surface area contributed by atoms with E-state index < -0.39 is 6.17 Å². The quantitative estimate of drug-likeness (QED) is 0.560. The summed E-state index contributed by atoms with van der Waals surface area (Å²) in [5.74, 6) is -0.393. The second-order valence-corrected chi connectivity index (χ2v) is 3.14. The lowest BCUT2D eigenvalue weighted by Gasteiger charge is -2.22. The number of halogens is 1. The second-order valence-electron chi connectivity index (χ2n) is 3.14. The van der Waals surface area contributed by atoms with Crippen molar-refractivity contribution >= 4 is 5.91 Å². The molecule has 0 bridgehead atoms. The lowest BCUT2D eigenvalue weighted by Crippen LogP contribution is -2.30. The fourth-order valence-electron chi connectivity index (χ4n) is 1.72. The molecule has 1 saturated carbocycles. The van der Waals surface area contributed by atoms with Gasteiger partial charge in [-0.05, 0) is 19.3 Å². The Hall–Kier alpha value is -0.640. The van der Waals surface area contributed by atoms with Crippen LogP contribution in [0.1, 0.15) is 19.3 Å². The summed E-state index contributed by atoms with van der Waals surface area (Å²) in [6, 6.07) is 0. The molecule has 1 heterocycles. The van der Waals surface area contributed by atoms with Gasteiger partial charge in [-0.25, -0.2) is 9.87 Å². The van der Waals surface area contributed by atoms with Gasteiger partial charge < -0.3 is 0 Å². The molecule has 0 aromatic carbocycles. The van der Waals surface area contributed by atoms with Crippen LogP contribution in [0.5, 0.6) is 0 Å². The minimum absolute atomic E-state index is 0.0745. The fourth-order valence-corrected chi connectivity index (χ4v) is 1.72. The van der Waals surface area contributed by atoms with Gasteiger partial charge in [-0.1, -0.05) is 0 Å². The Kier molecular flexibility index (Phi) is 1.56. The molecule has 1 amide bonds. The minimum Gasteiger partial charge on any atom is -0.272 e. The zero-order chi connectivity index (χ0) is 7.84. The first-order valence-electron chi connectivity index (χ1n) is 3.87. The van der Waals surface area contributed by atoms with Crippen LogP contribution in [0, 0.1) is 5.92 Å². The molecule has 2 aliphatic rings. The maximum absolute atomic E-state index is 12.8. The van der Waals surface area contributed by atoms with Gasteiger partial charge >= 0.3 is 0 Å². The molecule has 0 aromatic rings. The molecular formula is C7H10FNO2. The molecule has 1 N–H and O–H groups in total. The van der Waals surface area contributed by atoms with Crippen molar-refractivity contribution in [2.24, 2.45) is 5.92 Å². The van der Waals surface area contributed by atoms with Gasteiger partial charge in [0, 0.05) is 0 Å². The molecule has 62 valence electrons. The highest BCUT2D eigenvalue weighted by Gasteiger charge is 2.41. The van der Waals surface area contributed by atoms with Gasteiger partial charge in [0.1, 0.15) is 6.17 Å². The molecule has 4 heteroatoms. The number of amides is 1. The minimum atomic E-state index is -0.816. The van der Waals surface area contributed by atoms with Crippen molar-refractivity contribution in [2.75, 3.05) is 0 Å². The third-order valence-electron chi connectivity index (χ3n) is 2.37. The van der Waals surface area contributed by atoms with Crippen molar-refractivity contribution in [2.45, 2.75) is 31.5 Å². The van der Waals surface area contributed by atoms with Crippen molar-refractivity contribution < 1.29 is 14.0 Å². The average Bonchev–Trinajstić information content (AvgIpc) is 2.33. The molecule has 0 aromatic heterocycles. The Bertz CT molecular complexity index is 185. The summed E-state index contributed by atoms with van der Waals surface area (Å²) in [6.07, 6.45) is 0.621. The number of carbonyl (C=O) groups excluding carboxylic acids is 1. The molecule has 0 spiro atoms. The molecule has 11 heavy (non-hydrogen) atoms. The predicted molar refractivity (Wildman–Crippen MR) is 35.3 cm³/mol. The second kappa shape index (κ2) is 2.44. The van der Waals surface area contributed by atoms with Crippen molar-refractivity contribution in [1.82, 2.24) is 5.48 Å². The number of nitrogens with one attached hydrogen (secondary N) is 1. The number of hydrogen-bond acceptors (Lipinski definition) is 2. The lowest BCUT2D eigenvalue weighted by atomic mass is 9.86. The number of hydrogen-bond donors (Lipinski definition) is 1. The van der Waals surface area contributed by atoms with Crippen molar-refractivity contribution in [3.05, 3.63) is 0 Å². The number of fused-ring (bicyclic) bond motifs is 1. The van der Waals surface area contributed by atoms with Gasteiger partial charge in [0.2, 0.25) is 5.91 Å². The topological polar surface area (TPSA) is 38.3 Å². The van der Waals surface area contributed by atoms with E-state index in [4.69, 9.17) is 4.84 Å². The summed E-state index contributed by atoms with van der Waals surface area (Å²) in [5, 5.41) is 0. The summed E-state index contributed by atoms with van der Waals surface area (Å²) in [5.41, 5.74) is 2.28. The van der Waals surface area contributed by atoms with E-state index in [-0.39, 0.29) is 17.9 Å². The highest BCUT2D eigenvalue weighted by Crippen LogP contribution is 2.31. The number of carbonyl (C=O) groups is 1. The van der Waals surface area contributed by atoms with Crippen molar-refractivity contribution in [3.8, 4) is 0 Å². The highest BCUT2D eigenvalue weighted by molar-refractivity contribution is 5.79. The molecule has 3 nitrogen and oxygen atoms in total. The van der Waals surface area contributed by atoms with Crippen LogP contribution in [-0.4, -0.2) is 18.2 Å². The molecule has 0 radical (unpaired) electrons. The van der Waals surface area contributed by atoms with Gasteiger partial charge in [0.15, 0.2) is 0 Å². The highest BCUT2D eigenvalue weighted by atomic mass is 19.1. The molecule has 1 aliphatic carbocycles. The SMILES string of the molecule is O=C1NOC2CCC(F)CC12. The van der Waals surface area contributed by atoms with Gasteiger partial charge in [-0.3, -0.25) is 9.63 Å². The van der Waals surface area contributed by atoms with E-state index in [1.54, 1.807) is 0 Å². The summed E-state index contributed by atoms with van der Waals surface area (Å²) in [6.45, 7) is 0. The van der Waals surface area contributed by atoms with E-state index in [2.05, 4.69) is 5.48 Å². The summed E-state index contributed by atoms with van der Waals surface area (Å²) in [4.78, 5) is 15.9. The Balaban J connectivity index is 2.07. The Morgan fingerprint density at radius 2 is 2.36 bits per heavy atom. The lowest BCUT2D eigenvalue weighted by molar-refractivity contribution is -0.126. The number of rotatable bonds is 0. The monoisotopic (exact) mass is 159 g/mol. The summed E-state index contributed by atoms with van der Waals surface area (Å²) in [7, 11) is 0. The molecule has 1 saturated heterocycles. The molecule has 3 unspecified atom stereocenters. The fraction of sp³-hybridized carbons (Fsp3) is 0.857. The van der Waals surface area contributed by atoms with Crippen molar-refractivity contribution in [3.63, 3.8) is 0 Å². The number of alkyl halides is 1. The van der Waals surface area contributed by atoms with E-state index >= 15 is 0 Å². The van der Waals surface area contributed by atoms with E-state index in [1.165, 1.54) is 0 Å². The predicted octanol–water partition coefficient (Wildman–Crippen LogP) is 0.555. The summed E-state index contributed by atoms with van der Waals surface area (Å²) >= 11 is 0. The first-order chi connectivity index (χ1) is 5.27. The molecular weight excluding hydrogens is 149 g/mol. The first-order valence-corrected chi connectivity index (χ1v) is 3.87. The molecule has 3 atom stereocenters. The zero-order valence-electron chi connectivity index (χ0n) is 6.05. The van der Waals surface area contributed by atoms with Gasteiger partial charge in [0.05, 0.1) is 12.0 Å². The van der Waals surface area contributed by atoms with Crippen molar-refractivity contribution in [1.29, 1.82) is 0 Å². The third-order valence-corrected chi connectivity index (χ3v) is 2.37. The van der Waals surface area contributed by atoms with Gasteiger partial charge in [0.25, 0.3) is 0 Å². The van der Waals surface area contributed by atoms with Crippen LogP contribution in [0.15, 0.2) is 0 Å². The van der Waals surface area contributed by atoms with E-state index in [0.717, 1.165) is 0 Å². The van der Waals surface area contributed by atoms with Crippen LogP contribution in [-0.2, 0) is 9.63 Å². The van der Waals surface area contributed by atoms with E-state index in [1.807, 2.05) is 0 Å². The maximum Gasteiger partial charge on any atom is 0.249 e. The smallest absolute Gasteiger partial charge is 0.249 e. The van der Waals surface area contributed by atoms with E-state index in [0.29, 0.717) is 19.3 Å². The molecule has 2 fully saturated rings. The van der Waals surface area contributed by atoms with Crippen LogP contribution >= 0.6 is 0 Å². The van der Waals surface area contributed by atoms with E-state index in [9.17, 15) is 9.18 Å². The normalized spacial score (nSPS) is 43.4. The molecule has 1 aliphatic heterocycles. The maximum atomic E-state index is 12.8. The van der Waals surface area contributed by atoms with Crippen LogP contribution in [0.4, 0.5) is 4.39 Å². The average molecular weight is 159 g/mol. The first kappa shape index (κ1) is 7.03. The van der Waals surface area contributed by atoms with Gasteiger partial charge in [-0.15, -0.1) is 0 Å². The zero-order valence-corrected chi connectivity index (χ0v) is 6.05. The molecule has 2 rings (SSSR count). The third kappa shape index (κ3) is 1.11. The summed E-state index contributed by atoms with van der Waals surface area (Å²) < 4.78 is 12.8.